The number of nitriles is 1. The Balaban J connectivity index is 1.56. The molecule has 0 aliphatic carbocycles. The molecule has 0 radical (unpaired) electrons. The lowest BCUT2D eigenvalue weighted by Gasteiger charge is -2.08. The highest BCUT2D eigenvalue weighted by Crippen LogP contribution is 2.19. The van der Waals surface area contributed by atoms with Gasteiger partial charge in [0.1, 0.15) is 23.9 Å². The minimum absolute atomic E-state index is 0.376. The van der Waals surface area contributed by atoms with Gasteiger partial charge in [-0.25, -0.2) is 4.79 Å². The first-order chi connectivity index (χ1) is 13.2. The Hall–Kier alpha value is -3.78. The van der Waals surface area contributed by atoms with Crippen LogP contribution in [0.5, 0.6) is 17.2 Å². The summed E-state index contributed by atoms with van der Waals surface area (Å²) in [6.07, 6.45) is 0. The maximum Gasteiger partial charge on any atom is 0.343 e. The lowest BCUT2D eigenvalue weighted by Crippen LogP contribution is -2.08. The van der Waals surface area contributed by atoms with Crippen molar-refractivity contribution >= 4 is 5.97 Å². The van der Waals surface area contributed by atoms with Crippen molar-refractivity contribution in [1.29, 1.82) is 5.26 Å². The molecule has 0 heterocycles. The van der Waals surface area contributed by atoms with Crippen LogP contribution < -0.4 is 14.2 Å². The quantitative estimate of drug-likeness (QED) is 0.483. The fraction of sp³-hybridized carbons (Fsp3) is 0.0909. The van der Waals surface area contributed by atoms with E-state index in [2.05, 4.69) is 6.07 Å². The van der Waals surface area contributed by atoms with Crippen molar-refractivity contribution in [3.8, 4) is 23.3 Å². The van der Waals surface area contributed by atoms with Gasteiger partial charge in [0, 0.05) is 0 Å². The van der Waals surface area contributed by atoms with Gasteiger partial charge in [-0.3, -0.25) is 0 Å². The molecule has 0 saturated heterocycles. The predicted octanol–water partition coefficient (Wildman–Crippen LogP) is 4.37. The van der Waals surface area contributed by atoms with E-state index in [9.17, 15) is 4.79 Å². The van der Waals surface area contributed by atoms with Crippen molar-refractivity contribution in [3.63, 3.8) is 0 Å². The summed E-state index contributed by atoms with van der Waals surface area (Å²) < 4.78 is 16.1. The Morgan fingerprint density at radius 3 is 2.04 bits per heavy atom. The number of esters is 1. The SMILES string of the molecule is COc1ccc(OC(=O)c2ccc(OCc3ccc(C#N)cc3)cc2)cc1. The molecule has 3 aromatic rings. The molecule has 0 atom stereocenters. The van der Waals surface area contributed by atoms with E-state index in [1.54, 1.807) is 67.8 Å². The molecule has 0 aliphatic heterocycles. The number of methoxy groups -OCH3 is 1. The zero-order valence-electron chi connectivity index (χ0n) is 14.7. The van der Waals surface area contributed by atoms with E-state index in [0.29, 0.717) is 35.0 Å². The van der Waals surface area contributed by atoms with Crippen molar-refractivity contribution in [1.82, 2.24) is 0 Å². The molecular formula is C22H17NO4. The number of hydrogen-bond acceptors (Lipinski definition) is 5. The fourth-order valence-electron chi connectivity index (χ4n) is 2.34. The van der Waals surface area contributed by atoms with Crippen molar-refractivity contribution in [3.05, 3.63) is 89.5 Å². The number of rotatable bonds is 6. The Morgan fingerprint density at radius 1 is 0.852 bits per heavy atom. The van der Waals surface area contributed by atoms with E-state index in [1.165, 1.54) is 0 Å². The minimum Gasteiger partial charge on any atom is -0.497 e. The molecule has 134 valence electrons. The van der Waals surface area contributed by atoms with Crippen LogP contribution in [0.25, 0.3) is 0 Å². The third-order valence-corrected chi connectivity index (χ3v) is 3.85. The van der Waals surface area contributed by atoms with Crippen LogP contribution in [0.3, 0.4) is 0 Å². The fourth-order valence-corrected chi connectivity index (χ4v) is 2.34. The van der Waals surface area contributed by atoms with Gasteiger partial charge in [0.2, 0.25) is 0 Å². The standard InChI is InChI=1S/C22H17NO4/c1-25-19-10-12-21(13-11-19)27-22(24)18-6-8-20(9-7-18)26-15-17-4-2-16(14-23)3-5-17/h2-13H,15H2,1H3. The van der Waals surface area contributed by atoms with Crippen LogP contribution in [0, 0.1) is 11.3 Å². The van der Waals surface area contributed by atoms with Crippen LogP contribution in [0.15, 0.2) is 72.8 Å². The van der Waals surface area contributed by atoms with Gasteiger partial charge >= 0.3 is 5.97 Å². The highest BCUT2D eigenvalue weighted by Gasteiger charge is 2.09. The lowest BCUT2D eigenvalue weighted by molar-refractivity contribution is 0.0734. The lowest BCUT2D eigenvalue weighted by atomic mass is 10.1. The first kappa shape index (κ1) is 18.0. The topological polar surface area (TPSA) is 68.6 Å². The van der Waals surface area contributed by atoms with Crippen molar-refractivity contribution < 1.29 is 19.0 Å². The van der Waals surface area contributed by atoms with Crippen molar-refractivity contribution in [2.45, 2.75) is 6.61 Å². The van der Waals surface area contributed by atoms with Gasteiger partial charge in [-0.05, 0) is 66.2 Å². The number of ether oxygens (including phenoxy) is 3. The second-order valence-corrected chi connectivity index (χ2v) is 5.69. The van der Waals surface area contributed by atoms with Crippen LogP contribution in [0.1, 0.15) is 21.5 Å². The molecule has 0 bridgehead atoms. The van der Waals surface area contributed by atoms with Crippen molar-refractivity contribution in [2.75, 3.05) is 7.11 Å². The zero-order valence-corrected chi connectivity index (χ0v) is 14.7. The van der Waals surface area contributed by atoms with Gasteiger partial charge in [0.15, 0.2) is 0 Å². The number of carbonyl (C=O) groups is 1. The highest BCUT2D eigenvalue weighted by molar-refractivity contribution is 5.91. The summed E-state index contributed by atoms with van der Waals surface area (Å²) in [5, 5.41) is 8.80. The van der Waals surface area contributed by atoms with Gasteiger partial charge in [0.05, 0.1) is 24.3 Å². The molecule has 0 saturated carbocycles. The molecule has 0 spiro atoms. The number of hydrogen-bond donors (Lipinski definition) is 0. The summed E-state index contributed by atoms with van der Waals surface area (Å²) in [4.78, 5) is 12.2. The van der Waals surface area contributed by atoms with E-state index in [-0.39, 0.29) is 0 Å². The first-order valence-electron chi connectivity index (χ1n) is 8.26. The smallest absolute Gasteiger partial charge is 0.343 e. The van der Waals surface area contributed by atoms with Gasteiger partial charge in [0.25, 0.3) is 0 Å². The third-order valence-electron chi connectivity index (χ3n) is 3.85. The number of benzene rings is 3. The van der Waals surface area contributed by atoms with Crippen LogP contribution in [0.4, 0.5) is 0 Å². The largest absolute Gasteiger partial charge is 0.497 e. The zero-order chi connectivity index (χ0) is 19.1. The summed E-state index contributed by atoms with van der Waals surface area (Å²) in [7, 11) is 1.58. The summed E-state index contributed by atoms with van der Waals surface area (Å²) in [6.45, 7) is 0.376. The maximum absolute atomic E-state index is 12.2. The van der Waals surface area contributed by atoms with Gasteiger partial charge in [-0.15, -0.1) is 0 Å². The molecule has 0 unspecified atom stereocenters. The molecule has 0 N–H and O–H groups in total. The molecule has 0 fully saturated rings. The van der Waals surface area contributed by atoms with Crippen LogP contribution in [0.2, 0.25) is 0 Å². The van der Waals surface area contributed by atoms with Crippen molar-refractivity contribution in [2.24, 2.45) is 0 Å². The molecule has 0 aliphatic rings. The third kappa shape index (κ3) is 4.86. The summed E-state index contributed by atoms with van der Waals surface area (Å²) >= 11 is 0. The molecule has 27 heavy (non-hydrogen) atoms. The summed E-state index contributed by atoms with van der Waals surface area (Å²) in [6, 6.07) is 22.8. The number of carbonyl (C=O) groups excluding carboxylic acids is 1. The van der Waals surface area contributed by atoms with Gasteiger partial charge in [-0.2, -0.15) is 5.26 Å². The second kappa shape index (κ2) is 8.54. The van der Waals surface area contributed by atoms with Crippen LogP contribution in [-0.2, 0) is 6.61 Å². The van der Waals surface area contributed by atoms with Crippen LogP contribution >= 0.6 is 0 Å². The molecule has 5 heteroatoms. The first-order valence-corrected chi connectivity index (χ1v) is 8.26. The van der Waals surface area contributed by atoms with E-state index in [4.69, 9.17) is 19.5 Å². The predicted molar refractivity (Wildman–Crippen MR) is 99.9 cm³/mol. The Labute approximate surface area is 157 Å². The highest BCUT2D eigenvalue weighted by atomic mass is 16.5. The van der Waals surface area contributed by atoms with Gasteiger partial charge in [-0.1, -0.05) is 12.1 Å². The molecule has 3 rings (SSSR count). The van der Waals surface area contributed by atoms with Gasteiger partial charge < -0.3 is 14.2 Å². The molecule has 0 aromatic heterocycles. The van der Waals surface area contributed by atoms with E-state index >= 15 is 0 Å². The van der Waals surface area contributed by atoms with E-state index in [1.807, 2.05) is 12.1 Å². The second-order valence-electron chi connectivity index (χ2n) is 5.69. The molecule has 5 nitrogen and oxygen atoms in total. The number of nitrogens with zero attached hydrogens (tertiary/aromatic N) is 1. The maximum atomic E-state index is 12.2. The Morgan fingerprint density at radius 2 is 1.44 bits per heavy atom. The molecule has 0 amide bonds. The molecular weight excluding hydrogens is 342 g/mol. The normalized spacial score (nSPS) is 9.93. The summed E-state index contributed by atoms with van der Waals surface area (Å²) in [5.74, 6) is 1.33. The monoisotopic (exact) mass is 359 g/mol. The average Bonchev–Trinajstić information content (AvgIpc) is 2.73. The van der Waals surface area contributed by atoms with E-state index < -0.39 is 5.97 Å². The summed E-state index contributed by atoms with van der Waals surface area (Å²) in [5.41, 5.74) is 1.99. The van der Waals surface area contributed by atoms with E-state index in [0.717, 1.165) is 5.56 Å². The Kier molecular flexibility index (Phi) is 5.70. The average molecular weight is 359 g/mol. The Bertz CT molecular complexity index is 940. The van der Waals surface area contributed by atoms with Crippen LogP contribution in [-0.4, -0.2) is 13.1 Å². The molecule has 3 aromatic carbocycles. The minimum atomic E-state index is -0.446.